The molecular weight excluding hydrogens is 298 g/mol. The van der Waals surface area contributed by atoms with Crippen LogP contribution in [0.3, 0.4) is 0 Å². The molecule has 0 bridgehead atoms. The highest BCUT2D eigenvalue weighted by Gasteiger charge is 2.22. The quantitative estimate of drug-likeness (QED) is 0.885. The van der Waals surface area contributed by atoms with Gasteiger partial charge >= 0.3 is 0 Å². The van der Waals surface area contributed by atoms with Crippen molar-refractivity contribution in [3.8, 4) is 0 Å². The van der Waals surface area contributed by atoms with Gasteiger partial charge in [-0.25, -0.2) is 0 Å². The normalized spacial score (nSPS) is 21.9. The van der Waals surface area contributed by atoms with Crippen molar-refractivity contribution in [1.82, 2.24) is 5.32 Å². The number of halogens is 1. The maximum Gasteiger partial charge on any atom is 0.0594 e. The molecule has 2 atom stereocenters. The molecule has 4 heteroatoms. The van der Waals surface area contributed by atoms with Crippen LogP contribution in [0.1, 0.15) is 42.0 Å². The lowest BCUT2D eigenvalue weighted by atomic mass is 10.1. The number of hydrogen-bond donors (Lipinski definition) is 1. The third-order valence-electron chi connectivity index (χ3n) is 3.19. The first-order chi connectivity index (χ1) is 8.20. The van der Waals surface area contributed by atoms with Gasteiger partial charge in [0, 0.05) is 26.9 Å². The molecule has 2 rings (SSSR count). The van der Waals surface area contributed by atoms with E-state index in [2.05, 4.69) is 41.2 Å². The topological polar surface area (TPSA) is 21.3 Å². The number of nitrogens with one attached hydrogen (secondary N) is 1. The Morgan fingerprint density at radius 2 is 2.47 bits per heavy atom. The molecule has 2 unspecified atom stereocenters. The second kappa shape index (κ2) is 6.32. The smallest absolute Gasteiger partial charge is 0.0594 e. The van der Waals surface area contributed by atoms with Gasteiger partial charge < -0.3 is 10.1 Å². The van der Waals surface area contributed by atoms with Crippen molar-refractivity contribution in [3.05, 3.63) is 20.3 Å². The van der Waals surface area contributed by atoms with E-state index < -0.39 is 0 Å². The molecule has 1 saturated heterocycles. The predicted molar refractivity (Wildman–Crippen MR) is 76.8 cm³/mol. The van der Waals surface area contributed by atoms with E-state index in [1.807, 2.05) is 11.3 Å². The number of thiophene rings is 1. The van der Waals surface area contributed by atoms with E-state index in [9.17, 15) is 0 Å². The van der Waals surface area contributed by atoms with Crippen molar-refractivity contribution in [2.75, 3.05) is 13.2 Å². The van der Waals surface area contributed by atoms with Crippen LogP contribution in [0, 0.1) is 6.92 Å². The summed E-state index contributed by atoms with van der Waals surface area (Å²) in [4.78, 5) is 2.78. The molecule has 0 aromatic carbocycles. The molecule has 96 valence electrons. The molecule has 2 nitrogen and oxygen atoms in total. The molecule has 0 spiro atoms. The minimum atomic E-state index is 0.443. The Balaban J connectivity index is 2.04. The zero-order valence-corrected chi connectivity index (χ0v) is 12.9. The molecule has 1 aliphatic rings. The van der Waals surface area contributed by atoms with E-state index in [-0.39, 0.29) is 0 Å². The second-order valence-corrected chi connectivity index (χ2v) is 6.68. The van der Waals surface area contributed by atoms with Crippen molar-refractivity contribution < 1.29 is 4.74 Å². The number of aryl methyl sites for hydroxylation is 1. The van der Waals surface area contributed by atoms with Gasteiger partial charge in [0.25, 0.3) is 0 Å². The summed E-state index contributed by atoms with van der Waals surface area (Å²) in [5.41, 5.74) is 0. The fourth-order valence-corrected chi connectivity index (χ4v) is 3.94. The lowest BCUT2D eigenvalue weighted by Gasteiger charge is -2.20. The molecule has 2 heterocycles. The van der Waals surface area contributed by atoms with Gasteiger partial charge in [0.05, 0.1) is 6.10 Å². The SMILES string of the molecule is CCNC(CC1CCCO1)c1cc(Br)c(C)s1. The Morgan fingerprint density at radius 1 is 1.65 bits per heavy atom. The van der Waals surface area contributed by atoms with Crippen LogP contribution in [0.2, 0.25) is 0 Å². The molecule has 17 heavy (non-hydrogen) atoms. The third-order valence-corrected chi connectivity index (χ3v) is 5.44. The van der Waals surface area contributed by atoms with Crippen molar-refractivity contribution >= 4 is 27.3 Å². The van der Waals surface area contributed by atoms with E-state index in [4.69, 9.17) is 4.74 Å². The Morgan fingerprint density at radius 3 is 3.00 bits per heavy atom. The standard InChI is InChI=1S/C13H20BrNOS/c1-3-15-12(7-10-5-4-6-16-10)13-8-11(14)9(2)17-13/h8,10,12,15H,3-7H2,1-2H3. The highest BCUT2D eigenvalue weighted by molar-refractivity contribution is 9.10. The summed E-state index contributed by atoms with van der Waals surface area (Å²) in [6.07, 6.45) is 3.98. The minimum Gasteiger partial charge on any atom is -0.378 e. The maximum atomic E-state index is 5.74. The number of ether oxygens (including phenoxy) is 1. The highest BCUT2D eigenvalue weighted by atomic mass is 79.9. The average molecular weight is 318 g/mol. The average Bonchev–Trinajstić information content (AvgIpc) is 2.90. The largest absolute Gasteiger partial charge is 0.378 e. The lowest BCUT2D eigenvalue weighted by Crippen LogP contribution is -2.24. The Labute approximate surface area is 116 Å². The summed E-state index contributed by atoms with van der Waals surface area (Å²) >= 11 is 5.48. The summed E-state index contributed by atoms with van der Waals surface area (Å²) in [7, 11) is 0. The summed E-state index contributed by atoms with van der Waals surface area (Å²) in [5.74, 6) is 0. The number of hydrogen-bond acceptors (Lipinski definition) is 3. The van der Waals surface area contributed by atoms with Crippen LogP contribution >= 0.6 is 27.3 Å². The van der Waals surface area contributed by atoms with Gasteiger partial charge in [-0.3, -0.25) is 0 Å². The van der Waals surface area contributed by atoms with E-state index in [1.165, 1.54) is 27.1 Å². The van der Waals surface area contributed by atoms with Gasteiger partial charge in [0.15, 0.2) is 0 Å². The van der Waals surface area contributed by atoms with Gasteiger partial charge in [0.1, 0.15) is 0 Å². The predicted octanol–water partition coefficient (Wildman–Crippen LogP) is 4.04. The zero-order chi connectivity index (χ0) is 12.3. The third kappa shape index (κ3) is 3.53. The molecule has 0 amide bonds. The van der Waals surface area contributed by atoms with Crippen molar-refractivity contribution in [1.29, 1.82) is 0 Å². The summed E-state index contributed by atoms with van der Waals surface area (Å²) in [5, 5.41) is 3.58. The first kappa shape index (κ1) is 13.5. The maximum absolute atomic E-state index is 5.74. The van der Waals surface area contributed by atoms with Gasteiger partial charge in [-0.1, -0.05) is 6.92 Å². The molecule has 0 saturated carbocycles. The van der Waals surface area contributed by atoms with Crippen molar-refractivity contribution in [2.24, 2.45) is 0 Å². The molecule has 1 aromatic heterocycles. The van der Waals surface area contributed by atoms with Crippen LogP contribution in [0.4, 0.5) is 0 Å². The van der Waals surface area contributed by atoms with Gasteiger partial charge in [0.2, 0.25) is 0 Å². The van der Waals surface area contributed by atoms with Crippen LogP contribution in [0.5, 0.6) is 0 Å². The van der Waals surface area contributed by atoms with Crippen LogP contribution < -0.4 is 5.32 Å². The van der Waals surface area contributed by atoms with Crippen LogP contribution in [0.25, 0.3) is 0 Å². The molecule has 1 fully saturated rings. The molecule has 0 aliphatic carbocycles. The lowest BCUT2D eigenvalue weighted by molar-refractivity contribution is 0.0951. The number of rotatable bonds is 5. The first-order valence-electron chi connectivity index (χ1n) is 6.31. The second-order valence-electron chi connectivity index (χ2n) is 4.53. The van der Waals surface area contributed by atoms with Crippen molar-refractivity contribution in [3.63, 3.8) is 0 Å². The van der Waals surface area contributed by atoms with Crippen LogP contribution in [0.15, 0.2) is 10.5 Å². The Hall–Kier alpha value is 0.1000. The van der Waals surface area contributed by atoms with Gasteiger partial charge in [-0.2, -0.15) is 0 Å². The molecule has 1 N–H and O–H groups in total. The molecule has 0 radical (unpaired) electrons. The Kier molecular flexibility index (Phi) is 5.03. The van der Waals surface area contributed by atoms with Gasteiger partial charge in [-0.15, -0.1) is 11.3 Å². The summed E-state index contributed by atoms with van der Waals surface area (Å²) in [6.45, 7) is 6.27. The monoisotopic (exact) mass is 317 g/mol. The Bertz CT molecular complexity index is 341. The first-order valence-corrected chi connectivity index (χ1v) is 7.92. The van der Waals surface area contributed by atoms with Crippen molar-refractivity contribution in [2.45, 2.75) is 45.3 Å². The van der Waals surface area contributed by atoms with Gasteiger partial charge in [-0.05, 0) is 54.7 Å². The van der Waals surface area contributed by atoms with Crippen LogP contribution in [-0.2, 0) is 4.74 Å². The summed E-state index contributed by atoms with van der Waals surface area (Å²) < 4.78 is 6.97. The van der Waals surface area contributed by atoms with E-state index in [0.29, 0.717) is 12.1 Å². The minimum absolute atomic E-state index is 0.443. The summed E-state index contributed by atoms with van der Waals surface area (Å²) in [6, 6.07) is 2.69. The molecule has 1 aromatic rings. The molecular formula is C13H20BrNOS. The molecule has 1 aliphatic heterocycles. The van der Waals surface area contributed by atoms with E-state index in [0.717, 1.165) is 19.6 Å². The van der Waals surface area contributed by atoms with E-state index in [1.54, 1.807) is 0 Å². The fraction of sp³-hybridized carbons (Fsp3) is 0.692. The highest BCUT2D eigenvalue weighted by Crippen LogP contribution is 2.34. The zero-order valence-electron chi connectivity index (χ0n) is 10.5. The van der Waals surface area contributed by atoms with Crippen LogP contribution in [-0.4, -0.2) is 19.3 Å². The van der Waals surface area contributed by atoms with E-state index >= 15 is 0 Å². The fourth-order valence-electron chi connectivity index (χ4n) is 2.29.